The highest BCUT2D eigenvalue weighted by Gasteiger charge is 2.25. The topological polar surface area (TPSA) is 70.7 Å². The van der Waals surface area contributed by atoms with Gasteiger partial charge in [0.15, 0.2) is 0 Å². The number of likely N-dealkylation sites (tertiary alicyclic amines) is 1. The molecule has 1 atom stereocenters. The molecule has 0 aliphatic carbocycles. The van der Waals surface area contributed by atoms with Crippen molar-refractivity contribution in [3.05, 3.63) is 0 Å². The van der Waals surface area contributed by atoms with Crippen LogP contribution >= 0.6 is 0 Å². The molecule has 2 fully saturated rings. The summed E-state index contributed by atoms with van der Waals surface area (Å²) in [5.74, 6) is 0.676. The fraction of sp³-hybridized carbons (Fsp3) is 0.867. The van der Waals surface area contributed by atoms with Gasteiger partial charge in [-0.15, -0.1) is 0 Å². The highest BCUT2D eigenvalue weighted by molar-refractivity contribution is 5.83. The second-order valence-corrected chi connectivity index (χ2v) is 6.06. The van der Waals surface area contributed by atoms with Crippen molar-refractivity contribution in [2.45, 2.75) is 25.7 Å². The van der Waals surface area contributed by atoms with Gasteiger partial charge in [-0.1, -0.05) is 0 Å². The van der Waals surface area contributed by atoms with E-state index in [1.807, 2.05) is 0 Å². The molecule has 120 valence electrons. The van der Waals surface area contributed by atoms with Gasteiger partial charge in [0.2, 0.25) is 11.8 Å². The smallest absolute Gasteiger partial charge is 0.224 e. The highest BCUT2D eigenvalue weighted by Crippen LogP contribution is 2.17. The van der Waals surface area contributed by atoms with Gasteiger partial charge in [-0.25, -0.2) is 0 Å². The van der Waals surface area contributed by atoms with Crippen molar-refractivity contribution in [2.75, 3.05) is 46.4 Å². The summed E-state index contributed by atoms with van der Waals surface area (Å²) >= 11 is 0. The Morgan fingerprint density at radius 3 is 2.76 bits per heavy atom. The molecule has 0 aromatic heterocycles. The zero-order chi connectivity index (χ0) is 15.1. The van der Waals surface area contributed by atoms with Crippen LogP contribution in [0.2, 0.25) is 0 Å². The molecule has 21 heavy (non-hydrogen) atoms. The van der Waals surface area contributed by atoms with Crippen LogP contribution in [0, 0.1) is 11.8 Å². The van der Waals surface area contributed by atoms with Gasteiger partial charge in [-0.3, -0.25) is 9.59 Å². The Bertz CT molecular complexity index is 344. The third-order valence-electron chi connectivity index (χ3n) is 4.52. The zero-order valence-electron chi connectivity index (χ0n) is 12.9. The maximum absolute atomic E-state index is 12.1. The third kappa shape index (κ3) is 5.28. The summed E-state index contributed by atoms with van der Waals surface area (Å²) in [5, 5.41) is 5.82. The molecule has 2 aliphatic rings. The summed E-state index contributed by atoms with van der Waals surface area (Å²) in [7, 11) is 1.73. The lowest BCUT2D eigenvalue weighted by Crippen LogP contribution is -2.45. The van der Waals surface area contributed by atoms with E-state index >= 15 is 0 Å². The van der Waals surface area contributed by atoms with Crippen LogP contribution in [0.3, 0.4) is 0 Å². The van der Waals surface area contributed by atoms with E-state index in [0.29, 0.717) is 25.3 Å². The number of hydrogen-bond acceptors (Lipinski definition) is 4. The molecule has 2 amide bonds. The number of hydrogen-bond donors (Lipinski definition) is 2. The molecule has 2 N–H and O–H groups in total. The quantitative estimate of drug-likeness (QED) is 0.723. The highest BCUT2D eigenvalue weighted by atomic mass is 16.5. The van der Waals surface area contributed by atoms with Crippen molar-refractivity contribution in [1.29, 1.82) is 0 Å². The first-order valence-corrected chi connectivity index (χ1v) is 7.94. The molecule has 0 radical (unpaired) electrons. The van der Waals surface area contributed by atoms with Crippen LogP contribution in [0.4, 0.5) is 0 Å². The van der Waals surface area contributed by atoms with E-state index in [1.54, 1.807) is 7.11 Å². The first-order valence-electron chi connectivity index (χ1n) is 7.94. The number of rotatable bonds is 6. The first-order chi connectivity index (χ1) is 10.2. The van der Waals surface area contributed by atoms with Crippen molar-refractivity contribution in [3.8, 4) is 0 Å². The summed E-state index contributed by atoms with van der Waals surface area (Å²) < 4.78 is 5.10. The van der Waals surface area contributed by atoms with Crippen LogP contribution < -0.4 is 10.6 Å². The summed E-state index contributed by atoms with van der Waals surface area (Å²) in [6.07, 6.45) is 3.40. The maximum atomic E-state index is 12.1. The van der Waals surface area contributed by atoms with Crippen molar-refractivity contribution >= 4 is 11.8 Å². The predicted molar refractivity (Wildman–Crippen MR) is 79.8 cm³/mol. The molecule has 0 aromatic carbocycles. The number of ether oxygens (including phenoxy) is 1. The Morgan fingerprint density at radius 1 is 1.38 bits per heavy atom. The molecular weight excluding hydrogens is 270 g/mol. The van der Waals surface area contributed by atoms with Crippen LogP contribution in [-0.4, -0.2) is 63.2 Å². The fourth-order valence-corrected chi connectivity index (χ4v) is 2.98. The van der Waals surface area contributed by atoms with E-state index in [2.05, 4.69) is 15.5 Å². The SMILES string of the molecule is COCCN1CCC(CNC(=O)[C@@H]2CCC(=O)NC2)CC1. The van der Waals surface area contributed by atoms with Gasteiger partial charge in [-0.05, 0) is 38.3 Å². The Kier molecular flexibility index (Phi) is 6.45. The molecule has 6 heteroatoms. The van der Waals surface area contributed by atoms with Crippen molar-refractivity contribution in [3.63, 3.8) is 0 Å². The standard InChI is InChI=1S/C15H27N3O3/c1-21-9-8-18-6-4-12(5-7-18)10-17-15(20)13-2-3-14(19)16-11-13/h12-13H,2-11H2,1H3,(H,16,19)(H,17,20)/t13-/m1/s1. The molecule has 2 saturated heterocycles. The number of nitrogens with zero attached hydrogens (tertiary/aromatic N) is 1. The van der Waals surface area contributed by atoms with Crippen molar-refractivity contribution in [2.24, 2.45) is 11.8 Å². The maximum Gasteiger partial charge on any atom is 0.224 e. The van der Waals surface area contributed by atoms with Crippen LogP contribution in [0.25, 0.3) is 0 Å². The van der Waals surface area contributed by atoms with Gasteiger partial charge in [0, 0.05) is 33.2 Å². The zero-order valence-corrected chi connectivity index (χ0v) is 12.9. The molecule has 0 spiro atoms. The molecule has 0 bridgehead atoms. The molecule has 2 rings (SSSR count). The normalized spacial score (nSPS) is 24.6. The monoisotopic (exact) mass is 297 g/mol. The van der Waals surface area contributed by atoms with E-state index in [4.69, 9.17) is 4.74 Å². The second-order valence-electron chi connectivity index (χ2n) is 6.06. The molecule has 0 saturated carbocycles. The number of nitrogens with one attached hydrogen (secondary N) is 2. The summed E-state index contributed by atoms with van der Waals surface area (Å²) in [6, 6.07) is 0. The minimum atomic E-state index is -0.0514. The van der Waals surface area contributed by atoms with Gasteiger partial charge in [0.05, 0.1) is 12.5 Å². The lowest BCUT2D eigenvalue weighted by molar-refractivity contribution is -0.129. The Morgan fingerprint density at radius 2 is 2.14 bits per heavy atom. The van der Waals surface area contributed by atoms with Crippen LogP contribution in [0.15, 0.2) is 0 Å². The molecule has 2 aliphatic heterocycles. The van der Waals surface area contributed by atoms with Gasteiger partial charge in [0.1, 0.15) is 0 Å². The van der Waals surface area contributed by atoms with E-state index in [-0.39, 0.29) is 17.7 Å². The second kappa shape index (κ2) is 8.34. The third-order valence-corrected chi connectivity index (χ3v) is 4.52. The summed E-state index contributed by atoms with van der Waals surface area (Å²) in [4.78, 5) is 25.6. The number of piperidine rings is 2. The first kappa shape index (κ1) is 16.2. The number of carbonyl (C=O) groups is 2. The minimum Gasteiger partial charge on any atom is -0.383 e. The van der Waals surface area contributed by atoms with Gasteiger partial charge in [0.25, 0.3) is 0 Å². The average molecular weight is 297 g/mol. The lowest BCUT2D eigenvalue weighted by atomic mass is 9.95. The van der Waals surface area contributed by atoms with E-state index < -0.39 is 0 Å². The molecular formula is C15H27N3O3. The van der Waals surface area contributed by atoms with Gasteiger partial charge >= 0.3 is 0 Å². The van der Waals surface area contributed by atoms with Crippen LogP contribution in [0.5, 0.6) is 0 Å². The lowest BCUT2D eigenvalue weighted by Gasteiger charge is -2.32. The van der Waals surface area contributed by atoms with Crippen molar-refractivity contribution in [1.82, 2.24) is 15.5 Å². The predicted octanol–water partition coefficient (Wildman–Crippen LogP) is -0.0128. The van der Waals surface area contributed by atoms with E-state index in [0.717, 1.165) is 45.6 Å². The minimum absolute atomic E-state index is 0.0514. The Labute approximate surface area is 126 Å². The Hall–Kier alpha value is -1.14. The van der Waals surface area contributed by atoms with Gasteiger partial charge in [-0.2, -0.15) is 0 Å². The summed E-state index contributed by atoms with van der Waals surface area (Å²) in [5.41, 5.74) is 0. The number of amides is 2. The van der Waals surface area contributed by atoms with Gasteiger partial charge < -0.3 is 20.3 Å². The van der Waals surface area contributed by atoms with E-state index in [9.17, 15) is 9.59 Å². The van der Waals surface area contributed by atoms with Crippen molar-refractivity contribution < 1.29 is 14.3 Å². The molecule has 6 nitrogen and oxygen atoms in total. The van der Waals surface area contributed by atoms with Crippen LogP contribution in [-0.2, 0) is 14.3 Å². The Balaban J connectivity index is 1.61. The van der Waals surface area contributed by atoms with Crippen LogP contribution in [0.1, 0.15) is 25.7 Å². The summed E-state index contributed by atoms with van der Waals surface area (Å²) in [6.45, 7) is 5.21. The molecule has 2 heterocycles. The number of carbonyl (C=O) groups excluding carboxylic acids is 2. The molecule has 0 unspecified atom stereocenters. The molecule has 0 aromatic rings. The largest absolute Gasteiger partial charge is 0.383 e. The fourth-order valence-electron chi connectivity index (χ4n) is 2.98. The number of methoxy groups -OCH3 is 1. The van der Waals surface area contributed by atoms with E-state index in [1.165, 1.54) is 0 Å². The average Bonchev–Trinajstić information content (AvgIpc) is 2.52.